The third kappa shape index (κ3) is 5.20. The Bertz CT molecular complexity index is 1610. The summed E-state index contributed by atoms with van der Waals surface area (Å²) in [6.45, 7) is 3.16. The number of carbonyl (C=O) groups is 1. The first-order valence-electron chi connectivity index (χ1n) is 12.8. The van der Waals surface area contributed by atoms with Crippen molar-refractivity contribution in [2.75, 3.05) is 12.3 Å². The highest BCUT2D eigenvalue weighted by atomic mass is 16.1. The highest BCUT2D eigenvalue weighted by Crippen LogP contribution is 2.26. The number of benzene rings is 2. The predicted molar refractivity (Wildman–Crippen MR) is 151 cm³/mol. The highest BCUT2D eigenvalue weighted by Gasteiger charge is 2.19. The van der Waals surface area contributed by atoms with E-state index < -0.39 is 0 Å². The Balaban J connectivity index is 1.29. The van der Waals surface area contributed by atoms with Gasteiger partial charge in [0.15, 0.2) is 0 Å². The van der Waals surface area contributed by atoms with Crippen LogP contribution in [0.15, 0.2) is 83.9 Å². The largest absolute Gasteiger partial charge is 0.384 e. The zero-order chi connectivity index (χ0) is 26.5. The van der Waals surface area contributed by atoms with Gasteiger partial charge in [-0.25, -0.2) is 9.97 Å². The molecule has 38 heavy (non-hydrogen) atoms. The fraction of sp³-hybridized carbons (Fsp3) is 0.200. The summed E-state index contributed by atoms with van der Waals surface area (Å²) in [5.41, 5.74) is 10.9. The van der Waals surface area contributed by atoms with Crippen molar-refractivity contribution in [3.8, 4) is 22.6 Å². The number of nitrogens with two attached hydrogens (primary N) is 1. The van der Waals surface area contributed by atoms with Gasteiger partial charge in [-0.3, -0.25) is 9.59 Å². The van der Waals surface area contributed by atoms with Gasteiger partial charge in [0, 0.05) is 31.0 Å². The van der Waals surface area contributed by atoms with Crippen molar-refractivity contribution in [3.63, 3.8) is 0 Å². The minimum absolute atomic E-state index is 0.00411. The van der Waals surface area contributed by atoms with Gasteiger partial charge in [0.25, 0.3) is 0 Å². The molecule has 4 N–H and O–H groups in total. The molecule has 0 aliphatic carbocycles. The second-order valence-corrected chi connectivity index (χ2v) is 9.15. The number of H-pyrrole nitrogens is 1. The Kier molecular flexibility index (Phi) is 7.31. The first-order chi connectivity index (χ1) is 18.5. The van der Waals surface area contributed by atoms with Crippen LogP contribution in [-0.4, -0.2) is 32.0 Å². The van der Waals surface area contributed by atoms with Crippen molar-refractivity contribution in [2.24, 2.45) is 0 Å². The van der Waals surface area contributed by atoms with Crippen LogP contribution < -0.4 is 16.5 Å². The average Bonchev–Trinajstić information content (AvgIpc) is 3.47. The number of fused-ring (bicyclic) bond motifs is 1. The van der Waals surface area contributed by atoms with E-state index in [9.17, 15) is 9.59 Å². The van der Waals surface area contributed by atoms with Gasteiger partial charge in [-0.2, -0.15) is 0 Å². The van der Waals surface area contributed by atoms with Gasteiger partial charge < -0.3 is 20.6 Å². The maximum atomic E-state index is 13.2. The van der Waals surface area contributed by atoms with Gasteiger partial charge in [0.05, 0.1) is 17.5 Å². The zero-order valence-electron chi connectivity index (χ0n) is 21.3. The molecule has 1 amide bonds. The van der Waals surface area contributed by atoms with Crippen LogP contribution in [0.3, 0.4) is 0 Å². The number of aromatic nitrogens is 4. The number of nitrogens with one attached hydrogen (secondary N) is 2. The van der Waals surface area contributed by atoms with Crippen LogP contribution in [0.4, 0.5) is 5.82 Å². The minimum Gasteiger partial charge on any atom is -0.384 e. The minimum atomic E-state index is -0.207. The van der Waals surface area contributed by atoms with Gasteiger partial charge in [0.1, 0.15) is 22.9 Å². The number of imidazole rings is 1. The van der Waals surface area contributed by atoms with E-state index in [0.29, 0.717) is 47.7 Å². The smallest absolute Gasteiger partial charge is 0.224 e. The molecule has 0 saturated carbocycles. The number of nitrogens with zero attached hydrogens (tertiary/aromatic N) is 3. The van der Waals surface area contributed by atoms with Crippen LogP contribution in [0.1, 0.15) is 24.5 Å². The first kappa shape index (κ1) is 25.0. The van der Waals surface area contributed by atoms with E-state index in [0.717, 1.165) is 29.7 Å². The number of amides is 1. The maximum Gasteiger partial charge on any atom is 0.224 e. The molecule has 8 nitrogen and oxygen atoms in total. The number of rotatable bonds is 9. The fourth-order valence-corrected chi connectivity index (χ4v) is 4.65. The number of nitrogen functional groups attached to an aromatic ring is 1. The number of aryl methyl sites for hydroxylation is 2. The van der Waals surface area contributed by atoms with Crippen LogP contribution in [0.25, 0.3) is 33.7 Å². The van der Waals surface area contributed by atoms with Gasteiger partial charge in [-0.05, 0) is 43.0 Å². The van der Waals surface area contributed by atoms with Crippen molar-refractivity contribution in [1.29, 1.82) is 0 Å². The molecule has 0 saturated heterocycles. The summed E-state index contributed by atoms with van der Waals surface area (Å²) in [7, 11) is 0. The SMILES string of the molecule is CCn1c(N)c(-c2ncc[nH]2)c(=O)c2ccc(-c3ccc(CC(=O)NCCCc4ccccc4)cc3)nc21. The average molecular weight is 507 g/mol. The Morgan fingerprint density at radius 3 is 2.53 bits per heavy atom. The summed E-state index contributed by atoms with van der Waals surface area (Å²) in [5.74, 6) is 0.774. The molecule has 0 fully saturated rings. The first-order valence-corrected chi connectivity index (χ1v) is 12.8. The number of carbonyl (C=O) groups excluding carboxylic acids is 1. The number of anilines is 1. The van der Waals surface area contributed by atoms with Crippen LogP contribution in [-0.2, 0) is 24.2 Å². The summed E-state index contributed by atoms with van der Waals surface area (Å²) in [5, 5.41) is 3.49. The number of aromatic amines is 1. The van der Waals surface area contributed by atoms with Crippen molar-refractivity contribution < 1.29 is 4.79 Å². The van der Waals surface area contributed by atoms with Gasteiger partial charge in [0.2, 0.25) is 11.3 Å². The predicted octanol–water partition coefficient (Wildman–Crippen LogP) is 4.35. The van der Waals surface area contributed by atoms with Crippen molar-refractivity contribution >= 4 is 22.8 Å². The van der Waals surface area contributed by atoms with Gasteiger partial charge in [-0.1, -0.05) is 54.6 Å². The van der Waals surface area contributed by atoms with Crippen molar-refractivity contribution in [1.82, 2.24) is 24.8 Å². The van der Waals surface area contributed by atoms with E-state index in [2.05, 4.69) is 27.4 Å². The molecule has 0 atom stereocenters. The lowest BCUT2D eigenvalue weighted by Gasteiger charge is -2.15. The second-order valence-electron chi connectivity index (χ2n) is 9.15. The van der Waals surface area contributed by atoms with E-state index >= 15 is 0 Å². The molecule has 5 aromatic rings. The van der Waals surface area contributed by atoms with Gasteiger partial charge in [-0.15, -0.1) is 0 Å². The van der Waals surface area contributed by atoms with E-state index in [1.165, 1.54) is 5.56 Å². The zero-order valence-corrected chi connectivity index (χ0v) is 21.3. The molecular weight excluding hydrogens is 476 g/mol. The summed E-state index contributed by atoms with van der Waals surface area (Å²) < 4.78 is 1.83. The molecule has 0 bridgehead atoms. The van der Waals surface area contributed by atoms with E-state index in [1.54, 1.807) is 18.5 Å². The third-order valence-corrected chi connectivity index (χ3v) is 6.62. The Labute approximate surface area is 220 Å². The number of hydrogen-bond acceptors (Lipinski definition) is 5. The topological polar surface area (TPSA) is 119 Å². The summed E-state index contributed by atoms with van der Waals surface area (Å²) in [6, 6.07) is 21.6. The molecule has 0 unspecified atom stereocenters. The molecule has 0 aliphatic heterocycles. The van der Waals surface area contributed by atoms with Crippen LogP contribution in [0.5, 0.6) is 0 Å². The van der Waals surface area contributed by atoms with E-state index in [-0.39, 0.29) is 11.3 Å². The molecule has 2 aromatic carbocycles. The Morgan fingerprint density at radius 1 is 1.03 bits per heavy atom. The van der Waals surface area contributed by atoms with Crippen molar-refractivity contribution in [3.05, 3.63) is 100 Å². The normalized spacial score (nSPS) is 11.1. The molecule has 0 aliphatic rings. The second kappa shape index (κ2) is 11.1. The standard InChI is InChI=1S/C30H30N6O2/c1-2-36-28(31)26(29-33-17-18-34-29)27(38)23-14-15-24(35-30(23)36)22-12-10-21(11-13-22)19-25(37)32-16-6-9-20-7-4-3-5-8-20/h3-5,7-8,10-15,17-18H,2,6,9,16,19,31H2,1H3,(H,32,37)(H,33,34). The number of pyridine rings is 2. The molecule has 8 heteroatoms. The van der Waals surface area contributed by atoms with Gasteiger partial charge >= 0.3 is 0 Å². The lowest BCUT2D eigenvalue weighted by Crippen LogP contribution is -2.26. The Hall–Kier alpha value is -4.72. The summed E-state index contributed by atoms with van der Waals surface area (Å²) >= 11 is 0. The molecule has 0 spiro atoms. The van der Waals surface area contributed by atoms with Crippen molar-refractivity contribution in [2.45, 2.75) is 32.7 Å². The van der Waals surface area contributed by atoms with Crippen LogP contribution >= 0.6 is 0 Å². The number of hydrogen-bond donors (Lipinski definition) is 3. The fourth-order valence-electron chi connectivity index (χ4n) is 4.65. The lowest BCUT2D eigenvalue weighted by atomic mass is 10.1. The Morgan fingerprint density at radius 2 is 1.82 bits per heavy atom. The maximum absolute atomic E-state index is 13.2. The highest BCUT2D eigenvalue weighted by molar-refractivity contribution is 5.87. The lowest BCUT2D eigenvalue weighted by molar-refractivity contribution is -0.120. The molecule has 5 rings (SSSR count). The molecular formula is C30H30N6O2. The quantitative estimate of drug-likeness (QED) is 0.257. The van der Waals surface area contributed by atoms with E-state index in [4.69, 9.17) is 10.7 Å². The third-order valence-electron chi connectivity index (χ3n) is 6.62. The summed E-state index contributed by atoms with van der Waals surface area (Å²) in [6.07, 6.45) is 5.41. The summed E-state index contributed by atoms with van der Waals surface area (Å²) in [4.78, 5) is 37.6. The molecule has 192 valence electrons. The molecule has 3 heterocycles. The molecule has 0 radical (unpaired) electrons. The monoisotopic (exact) mass is 506 g/mol. The van der Waals surface area contributed by atoms with Crippen LogP contribution in [0, 0.1) is 0 Å². The van der Waals surface area contributed by atoms with Crippen LogP contribution in [0.2, 0.25) is 0 Å². The molecule has 3 aromatic heterocycles. The van der Waals surface area contributed by atoms with E-state index in [1.807, 2.05) is 60.0 Å².